The second-order valence-corrected chi connectivity index (χ2v) is 4.16. The minimum Gasteiger partial charge on any atom is -0.358 e. The molecule has 0 aliphatic rings. The van der Waals surface area contributed by atoms with Crippen molar-refractivity contribution in [3.8, 4) is 5.88 Å². The first-order valence-electron chi connectivity index (χ1n) is 3.83. The molecule has 0 unspecified atom stereocenters. The highest BCUT2D eigenvalue weighted by molar-refractivity contribution is 7.86. The van der Waals surface area contributed by atoms with E-state index in [0.29, 0.717) is 6.42 Å². The van der Waals surface area contributed by atoms with Gasteiger partial charge in [0.1, 0.15) is 6.33 Å². The maximum atomic E-state index is 13.3. The lowest BCUT2D eigenvalue weighted by Gasteiger charge is -2.04. The monoisotopic (exact) mass is 220 g/mol. The molecule has 0 N–H and O–H groups in total. The van der Waals surface area contributed by atoms with Gasteiger partial charge in [-0.15, -0.1) is 0 Å². The van der Waals surface area contributed by atoms with Crippen LogP contribution in [0.2, 0.25) is 0 Å². The van der Waals surface area contributed by atoms with Gasteiger partial charge in [0.15, 0.2) is 0 Å². The van der Waals surface area contributed by atoms with E-state index in [1.54, 1.807) is 6.92 Å². The molecule has 14 heavy (non-hydrogen) atoms. The Morgan fingerprint density at radius 1 is 1.50 bits per heavy atom. The summed E-state index contributed by atoms with van der Waals surface area (Å²) >= 11 is 0. The number of rotatable bonds is 3. The van der Waals surface area contributed by atoms with Crippen LogP contribution in [0.3, 0.4) is 0 Å². The van der Waals surface area contributed by atoms with Gasteiger partial charge in [-0.3, -0.25) is 0 Å². The third kappa shape index (κ3) is 2.63. The predicted molar refractivity (Wildman–Crippen MR) is 46.8 cm³/mol. The van der Waals surface area contributed by atoms with E-state index in [9.17, 15) is 12.8 Å². The number of hydrogen-bond donors (Lipinski definition) is 0. The molecule has 0 saturated carbocycles. The quantitative estimate of drug-likeness (QED) is 0.694. The first kappa shape index (κ1) is 10.8. The zero-order valence-corrected chi connectivity index (χ0v) is 8.51. The van der Waals surface area contributed by atoms with Crippen LogP contribution < -0.4 is 4.18 Å². The Bertz CT molecular complexity index is 433. The molecule has 0 fully saturated rings. The van der Waals surface area contributed by atoms with Crippen molar-refractivity contribution in [1.82, 2.24) is 9.97 Å². The second kappa shape index (κ2) is 3.87. The molecule has 7 heteroatoms. The van der Waals surface area contributed by atoms with E-state index in [2.05, 4.69) is 14.2 Å². The van der Waals surface area contributed by atoms with Crippen LogP contribution >= 0.6 is 0 Å². The van der Waals surface area contributed by atoms with Crippen LogP contribution in [0, 0.1) is 5.82 Å². The van der Waals surface area contributed by atoms with Crippen molar-refractivity contribution in [2.75, 3.05) is 6.26 Å². The van der Waals surface area contributed by atoms with Gasteiger partial charge in [0.25, 0.3) is 5.88 Å². The van der Waals surface area contributed by atoms with Gasteiger partial charge in [0.2, 0.25) is 5.82 Å². The molecule has 0 aliphatic carbocycles. The number of nitrogens with zero attached hydrogens (tertiary/aromatic N) is 2. The lowest BCUT2D eigenvalue weighted by atomic mass is 10.3. The molecular weight excluding hydrogens is 211 g/mol. The fourth-order valence-corrected chi connectivity index (χ4v) is 1.24. The van der Waals surface area contributed by atoms with Crippen molar-refractivity contribution in [3.63, 3.8) is 0 Å². The summed E-state index contributed by atoms with van der Waals surface area (Å²) in [6.07, 6.45) is 2.22. The topological polar surface area (TPSA) is 69.2 Å². The molecular formula is C7H9FN2O3S. The molecule has 1 heterocycles. The molecule has 0 spiro atoms. The summed E-state index contributed by atoms with van der Waals surface area (Å²) in [6, 6.07) is 0. The Morgan fingerprint density at radius 2 is 2.14 bits per heavy atom. The van der Waals surface area contributed by atoms with Crippen molar-refractivity contribution in [2.24, 2.45) is 0 Å². The van der Waals surface area contributed by atoms with Crippen LogP contribution in [0.5, 0.6) is 5.88 Å². The average Bonchev–Trinajstić information content (AvgIpc) is 2.06. The van der Waals surface area contributed by atoms with E-state index >= 15 is 0 Å². The first-order valence-corrected chi connectivity index (χ1v) is 5.64. The van der Waals surface area contributed by atoms with Crippen molar-refractivity contribution < 1.29 is 17.0 Å². The predicted octanol–water partition coefficient (Wildman–Crippen LogP) is 0.517. The normalized spacial score (nSPS) is 11.4. The molecule has 0 aromatic carbocycles. The third-order valence-corrected chi connectivity index (χ3v) is 1.86. The van der Waals surface area contributed by atoms with Crippen molar-refractivity contribution in [3.05, 3.63) is 17.8 Å². The molecule has 1 aromatic rings. The van der Waals surface area contributed by atoms with Gasteiger partial charge in [-0.1, -0.05) is 6.92 Å². The zero-order valence-electron chi connectivity index (χ0n) is 7.69. The van der Waals surface area contributed by atoms with Crippen LogP contribution in [-0.4, -0.2) is 24.6 Å². The molecule has 0 atom stereocenters. The Morgan fingerprint density at radius 3 is 2.64 bits per heavy atom. The highest BCUT2D eigenvalue weighted by Crippen LogP contribution is 2.16. The minimum absolute atomic E-state index is 0.124. The summed E-state index contributed by atoms with van der Waals surface area (Å²) in [7, 11) is -3.75. The molecule has 78 valence electrons. The lowest BCUT2D eigenvalue weighted by molar-refractivity contribution is 0.446. The van der Waals surface area contributed by atoms with Crippen LogP contribution in [0.4, 0.5) is 4.39 Å². The Kier molecular flexibility index (Phi) is 3.00. The smallest absolute Gasteiger partial charge is 0.307 e. The SMILES string of the molecule is CCc1ncnc(OS(C)(=O)=O)c1F. The van der Waals surface area contributed by atoms with E-state index < -0.39 is 21.8 Å². The summed E-state index contributed by atoms with van der Waals surface area (Å²) < 4.78 is 39.0. The largest absolute Gasteiger partial charge is 0.358 e. The average molecular weight is 220 g/mol. The Hall–Kier alpha value is -1.24. The Balaban J connectivity index is 3.10. The summed E-state index contributed by atoms with van der Waals surface area (Å²) in [6.45, 7) is 1.69. The second-order valence-electron chi connectivity index (χ2n) is 2.58. The van der Waals surface area contributed by atoms with E-state index in [0.717, 1.165) is 12.6 Å². The lowest BCUT2D eigenvalue weighted by Crippen LogP contribution is -2.10. The number of halogens is 1. The number of hydrogen-bond acceptors (Lipinski definition) is 5. The van der Waals surface area contributed by atoms with Crippen molar-refractivity contribution >= 4 is 10.1 Å². The molecule has 0 amide bonds. The van der Waals surface area contributed by atoms with Crippen LogP contribution in [0.15, 0.2) is 6.33 Å². The maximum Gasteiger partial charge on any atom is 0.307 e. The van der Waals surface area contributed by atoms with Crippen LogP contribution in [-0.2, 0) is 16.5 Å². The van der Waals surface area contributed by atoms with Gasteiger partial charge in [-0.05, 0) is 6.42 Å². The van der Waals surface area contributed by atoms with Crippen LogP contribution in [0.25, 0.3) is 0 Å². The summed E-state index contributed by atoms with van der Waals surface area (Å²) in [5, 5.41) is 0. The molecule has 1 aromatic heterocycles. The summed E-state index contributed by atoms with van der Waals surface area (Å²) in [5.41, 5.74) is 0.124. The van der Waals surface area contributed by atoms with Gasteiger partial charge in [0.05, 0.1) is 11.9 Å². The molecule has 0 radical (unpaired) electrons. The summed E-state index contributed by atoms with van der Waals surface area (Å²) in [4.78, 5) is 7.01. The number of aromatic nitrogens is 2. The highest BCUT2D eigenvalue weighted by Gasteiger charge is 2.14. The van der Waals surface area contributed by atoms with Gasteiger partial charge in [-0.2, -0.15) is 17.8 Å². The van der Waals surface area contributed by atoms with E-state index in [4.69, 9.17) is 0 Å². The minimum atomic E-state index is -3.75. The highest BCUT2D eigenvalue weighted by atomic mass is 32.2. The van der Waals surface area contributed by atoms with E-state index in [-0.39, 0.29) is 5.69 Å². The Labute approximate surface area is 81.1 Å². The molecule has 0 saturated heterocycles. The van der Waals surface area contributed by atoms with E-state index in [1.807, 2.05) is 0 Å². The third-order valence-electron chi connectivity index (χ3n) is 1.39. The molecule has 0 aliphatic heterocycles. The van der Waals surface area contributed by atoms with E-state index in [1.165, 1.54) is 0 Å². The molecule has 1 rings (SSSR count). The number of aryl methyl sites for hydroxylation is 1. The van der Waals surface area contributed by atoms with Crippen LogP contribution in [0.1, 0.15) is 12.6 Å². The van der Waals surface area contributed by atoms with Crippen molar-refractivity contribution in [1.29, 1.82) is 0 Å². The fourth-order valence-electron chi connectivity index (χ4n) is 0.836. The summed E-state index contributed by atoms with van der Waals surface area (Å²) in [5.74, 6) is -1.39. The van der Waals surface area contributed by atoms with Crippen molar-refractivity contribution in [2.45, 2.75) is 13.3 Å². The molecule has 5 nitrogen and oxygen atoms in total. The van der Waals surface area contributed by atoms with Gasteiger partial charge >= 0.3 is 10.1 Å². The van der Waals surface area contributed by atoms with Gasteiger partial charge < -0.3 is 4.18 Å². The first-order chi connectivity index (χ1) is 6.44. The van der Waals surface area contributed by atoms with Gasteiger partial charge in [-0.25, -0.2) is 4.98 Å². The zero-order chi connectivity index (χ0) is 10.8. The standard InChI is InChI=1S/C7H9FN2O3S/c1-3-5-6(8)7(10-4-9-5)13-14(2,11)12/h4H,3H2,1-2H3. The fraction of sp³-hybridized carbons (Fsp3) is 0.429. The maximum absolute atomic E-state index is 13.3. The van der Waals surface area contributed by atoms with Gasteiger partial charge in [0, 0.05) is 0 Å². The molecule has 0 bridgehead atoms.